The summed E-state index contributed by atoms with van der Waals surface area (Å²) in [6, 6.07) is -6.63. The first-order valence-corrected chi connectivity index (χ1v) is 37.1. The molecule has 0 aromatic carbocycles. The molecule has 0 saturated carbocycles. The highest BCUT2D eigenvalue weighted by atomic mass is 32.2. The number of ether oxygens (including phenoxy) is 4. The highest BCUT2D eigenvalue weighted by Crippen LogP contribution is 2.16. The summed E-state index contributed by atoms with van der Waals surface area (Å²) >= 11 is 3.14. The summed E-state index contributed by atoms with van der Waals surface area (Å²) in [4.78, 5) is 153. The van der Waals surface area contributed by atoms with Crippen molar-refractivity contribution in [2.45, 2.75) is 225 Å². The Hall–Kier alpha value is -5.66. The van der Waals surface area contributed by atoms with Crippen molar-refractivity contribution in [1.82, 2.24) is 47.9 Å². The number of carboxylic acid groups (broad SMARTS) is 2. The van der Waals surface area contributed by atoms with E-state index in [1.54, 1.807) is 45.8 Å². The van der Waals surface area contributed by atoms with Crippen LogP contribution in [-0.4, -0.2) is 220 Å². The number of Topliss-reactive ketones (excluding diaryl/α,β-unsaturated/α-hetero) is 2. The number of carboxylic acids is 1. The normalized spacial score (nSPS) is 13.8. The Balaban J connectivity index is 4.57. The number of hydrogen-bond donors (Lipinski definition) is 12. The maximum absolute atomic E-state index is 14.0. The third-order valence-corrected chi connectivity index (χ3v) is 17.5. The molecule has 0 spiro atoms. The molecule has 554 valence electrons. The van der Waals surface area contributed by atoms with Crippen LogP contribution >= 0.6 is 23.5 Å². The highest BCUT2D eigenvalue weighted by Gasteiger charge is 2.35. The van der Waals surface area contributed by atoms with E-state index in [4.69, 9.17) is 29.8 Å². The maximum atomic E-state index is 14.0. The third kappa shape index (κ3) is 48.1. The van der Waals surface area contributed by atoms with Gasteiger partial charge in [-0.3, -0.25) is 52.7 Å². The SMILES string of the molecule is CC[C@H](C)[C@H](NC(=O)[C@@H](NC(=O)C(CCC(=O)O)NC(=O)[C@H](CCSC)NC(=O)C(CC(C)C)NC(=O)C(CCCCNC(=O)COCC(=O)CCCCOCCOCCOCCCCC(=O)CCCNC(=O)CCCCCCCSCCNC(=O)O)NC)[C@@H](C)CC)C(N)=O. The van der Waals surface area contributed by atoms with Gasteiger partial charge in [-0.25, -0.2) is 4.79 Å². The molecular weight excluding hydrogens is 1280 g/mol. The van der Waals surface area contributed by atoms with Gasteiger partial charge in [0.05, 0.1) is 32.5 Å². The Labute approximate surface area is 578 Å². The van der Waals surface area contributed by atoms with Gasteiger partial charge in [-0.2, -0.15) is 23.5 Å². The van der Waals surface area contributed by atoms with Crippen LogP contribution in [0.3, 0.4) is 0 Å². The Bertz CT molecular complexity index is 2260. The van der Waals surface area contributed by atoms with Crippen molar-refractivity contribution in [3.05, 3.63) is 0 Å². The molecule has 0 radical (unpaired) electrons. The van der Waals surface area contributed by atoms with E-state index in [1.807, 2.05) is 20.8 Å². The summed E-state index contributed by atoms with van der Waals surface area (Å²) in [7, 11) is 1.61. The average molecular weight is 1410 g/mol. The summed E-state index contributed by atoms with van der Waals surface area (Å²) in [5, 5.41) is 42.6. The van der Waals surface area contributed by atoms with Crippen molar-refractivity contribution < 1.29 is 86.7 Å². The molecule has 9 amide bonds. The number of carbonyl (C=O) groups excluding carboxylic acids is 10. The van der Waals surface area contributed by atoms with Gasteiger partial charge >= 0.3 is 12.1 Å². The molecule has 13 N–H and O–H groups in total. The Kier molecular flexibility index (Phi) is 54.9. The lowest BCUT2D eigenvalue weighted by molar-refractivity contribution is -0.139. The van der Waals surface area contributed by atoms with Crippen molar-refractivity contribution in [2.24, 2.45) is 23.5 Å². The van der Waals surface area contributed by atoms with Gasteiger partial charge in [0.25, 0.3) is 0 Å². The average Bonchev–Trinajstić information content (AvgIpc) is 0.882. The predicted octanol–water partition coefficient (Wildman–Crippen LogP) is 4.31. The molecule has 0 saturated heterocycles. The molecule has 0 aliphatic heterocycles. The summed E-state index contributed by atoms with van der Waals surface area (Å²) < 4.78 is 22.1. The maximum Gasteiger partial charge on any atom is 0.404 e. The topological polar surface area (TPSA) is 417 Å². The minimum absolute atomic E-state index is 0.0216. The second-order valence-corrected chi connectivity index (χ2v) is 26.7. The molecule has 0 aliphatic rings. The number of rotatable bonds is 64. The predicted molar refractivity (Wildman–Crippen MR) is 371 cm³/mol. The van der Waals surface area contributed by atoms with Crippen molar-refractivity contribution in [2.75, 3.05) is 103 Å². The van der Waals surface area contributed by atoms with Gasteiger partial charge in [-0.1, -0.05) is 73.6 Å². The second kappa shape index (κ2) is 58.3. The third-order valence-electron chi connectivity index (χ3n) is 15.8. The van der Waals surface area contributed by atoms with E-state index >= 15 is 0 Å². The quantitative estimate of drug-likeness (QED) is 0.0377. The Morgan fingerprint density at radius 3 is 1.54 bits per heavy atom. The Morgan fingerprint density at radius 1 is 0.438 bits per heavy atom. The fourth-order valence-electron chi connectivity index (χ4n) is 9.65. The van der Waals surface area contributed by atoms with Crippen LogP contribution in [-0.2, 0) is 71.7 Å². The fraction of sp³-hybridized carbons (Fsp3) is 0.818. The van der Waals surface area contributed by atoms with E-state index < -0.39 is 102 Å². The standard InChI is InChI=1S/C66H120N10O18S2/c1-9-47(5)58(60(67)83)75-65(88)59(48(6)10-2)76-63(86)52(28-29-57(81)82)72-62(85)53(30-41-95-8)73-64(87)54(43-46(3)4)74-61(84)51(68-7)26-15-18-31-70-56(80)45-94-44-50(78)24-17-20-35-92-37-39-93-38-36-91-34-19-16-23-49(77)25-22-32-69-55(79)27-14-12-11-13-21-40-96-42-33-71-66(89)90/h46-48,51-54,58-59,68,71H,9-45H2,1-8H3,(H2,67,83)(H,69,79)(H,70,80)(H,72,85)(H,73,87)(H,74,84)(H,75,88)(H,76,86)(H,81,82)(H,89,90)/t47-,48-,51?,52?,53-,54?,58-,59-/m0/s1. The van der Waals surface area contributed by atoms with Crippen LogP contribution in [0.4, 0.5) is 4.79 Å². The first kappa shape index (κ1) is 90.3. The first-order valence-electron chi connectivity index (χ1n) is 34.5. The van der Waals surface area contributed by atoms with Gasteiger partial charge in [0.2, 0.25) is 47.3 Å². The van der Waals surface area contributed by atoms with E-state index in [0.29, 0.717) is 129 Å². The second-order valence-electron chi connectivity index (χ2n) is 24.5. The number of nitrogens with one attached hydrogen (secondary N) is 9. The van der Waals surface area contributed by atoms with E-state index in [2.05, 4.69) is 47.9 Å². The fourth-order valence-corrected chi connectivity index (χ4v) is 11.0. The van der Waals surface area contributed by atoms with Crippen molar-refractivity contribution >= 4 is 94.4 Å². The van der Waals surface area contributed by atoms with Crippen LogP contribution in [0, 0.1) is 17.8 Å². The minimum Gasteiger partial charge on any atom is -0.481 e. The minimum atomic E-state index is -1.44. The number of thioether (sulfide) groups is 2. The summed E-state index contributed by atoms with van der Waals surface area (Å²) in [6.45, 7) is 14.2. The lowest BCUT2D eigenvalue weighted by Gasteiger charge is -2.30. The van der Waals surface area contributed by atoms with Crippen LogP contribution in [0.25, 0.3) is 0 Å². The van der Waals surface area contributed by atoms with Gasteiger partial charge < -0.3 is 82.7 Å². The monoisotopic (exact) mass is 1400 g/mol. The number of aliphatic carboxylic acids is 1. The largest absolute Gasteiger partial charge is 0.481 e. The number of ketones is 2. The molecule has 0 rings (SSSR count). The number of likely N-dealkylation sites (N-methyl/N-ethyl adjacent to an activating group) is 1. The molecule has 30 heteroatoms. The molecule has 3 unspecified atom stereocenters. The molecule has 0 fully saturated rings. The van der Waals surface area contributed by atoms with Gasteiger partial charge in [-0.15, -0.1) is 0 Å². The summed E-state index contributed by atoms with van der Waals surface area (Å²) in [6.07, 6.45) is 12.8. The zero-order valence-corrected chi connectivity index (χ0v) is 60.3. The molecule has 0 aromatic rings. The molecule has 0 bridgehead atoms. The lowest BCUT2D eigenvalue weighted by atomic mass is 9.94. The van der Waals surface area contributed by atoms with E-state index in [-0.39, 0.29) is 74.8 Å². The molecule has 0 aliphatic carbocycles. The number of hydrogen-bond acceptors (Lipinski definition) is 19. The van der Waals surface area contributed by atoms with Crippen LogP contribution in [0.15, 0.2) is 0 Å². The van der Waals surface area contributed by atoms with Gasteiger partial charge in [0.15, 0.2) is 5.78 Å². The number of primary amides is 1. The van der Waals surface area contributed by atoms with Crippen LogP contribution in [0.5, 0.6) is 0 Å². The van der Waals surface area contributed by atoms with Crippen molar-refractivity contribution in [1.29, 1.82) is 0 Å². The van der Waals surface area contributed by atoms with Gasteiger partial charge in [0.1, 0.15) is 49.2 Å². The number of unbranched alkanes of at least 4 members (excludes halogenated alkanes) is 7. The molecular formula is C66H120N10O18S2. The number of amides is 9. The van der Waals surface area contributed by atoms with Crippen LogP contribution < -0.4 is 53.6 Å². The number of nitrogens with two attached hydrogens (primary N) is 1. The molecule has 96 heavy (non-hydrogen) atoms. The Morgan fingerprint density at radius 2 is 0.948 bits per heavy atom. The van der Waals surface area contributed by atoms with Crippen LogP contribution in [0.1, 0.15) is 189 Å². The van der Waals surface area contributed by atoms with Gasteiger partial charge in [-0.05, 0) is 126 Å². The molecule has 0 aromatic heterocycles. The zero-order chi connectivity index (χ0) is 71.9. The lowest BCUT2D eigenvalue weighted by Crippen LogP contribution is -2.61. The smallest absolute Gasteiger partial charge is 0.404 e. The summed E-state index contributed by atoms with van der Waals surface area (Å²) in [5.74, 6) is -4.38. The van der Waals surface area contributed by atoms with Crippen molar-refractivity contribution in [3.63, 3.8) is 0 Å². The van der Waals surface area contributed by atoms with E-state index in [0.717, 1.165) is 56.5 Å². The molecule has 8 atom stereocenters. The molecule has 0 heterocycles. The van der Waals surface area contributed by atoms with Gasteiger partial charge in [0, 0.05) is 70.7 Å². The number of carbonyl (C=O) groups is 12. The first-order chi connectivity index (χ1) is 45.9. The summed E-state index contributed by atoms with van der Waals surface area (Å²) in [5.41, 5.74) is 5.59. The zero-order valence-electron chi connectivity index (χ0n) is 58.7. The van der Waals surface area contributed by atoms with E-state index in [9.17, 15) is 62.6 Å². The van der Waals surface area contributed by atoms with Crippen LogP contribution in [0.2, 0.25) is 0 Å². The van der Waals surface area contributed by atoms with E-state index in [1.165, 1.54) is 11.8 Å². The molecule has 28 nitrogen and oxygen atoms in total. The highest BCUT2D eigenvalue weighted by molar-refractivity contribution is 7.99. The van der Waals surface area contributed by atoms with Crippen molar-refractivity contribution in [3.8, 4) is 0 Å².